The Hall–Kier alpha value is -3.36. The first-order chi connectivity index (χ1) is 14.2. The van der Waals surface area contributed by atoms with Gasteiger partial charge in [0.1, 0.15) is 5.82 Å². The van der Waals surface area contributed by atoms with Crippen LogP contribution in [0.3, 0.4) is 0 Å². The fourth-order valence-electron chi connectivity index (χ4n) is 4.19. The molecule has 2 fully saturated rings. The molecule has 6 nitrogen and oxygen atoms in total. The number of amides is 2. The maximum atomic E-state index is 12.8. The smallest absolute Gasteiger partial charge is 0.347 e. The summed E-state index contributed by atoms with van der Waals surface area (Å²) in [6, 6.07) is 9.32. The third-order valence-electron chi connectivity index (χ3n) is 5.77. The average molecular weight is 414 g/mol. The number of carbonyl (C=O) groups excluding carboxylic acids is 2. The molecule has 5 rings (SSSR count). The van der Waals surface area contributed by atoms with Crippen molar-refractivity contribution in [3.8, 4) is 5.82 Å². The van der Waals surface area contributed by atoms with E-state index < -0.39 is 11.7 Å². The number of alkyl halides is 3. The molecule has 1 aromatic carbocycles. The van der Waals surface area contributed by atoms with Gasteiger partial charge in [0.2, 0.25) is 5.91 Å². The van der Waals surface area contributed by atoms with Crippen molar-refractivity contribution in [2.45, 2.75) is 24.6 Å². The van der Waals surface area contributed by atoms with Gasteiger partial charge in [0.25, 0.3) is 5.91 Å². The Bertz CT molecular complexity index is 1160. The quantitative estimate of drug-likeness (QED) is 0.701. The maximum absolute atomic E-state index is 12.8. The molecule has 1 N–H and O–H groups in total. The van der Waals surface area contributed by atoms with Gasteiger partial charge in [-0.25, -0.2) is 4.98 Å². The summed E-state index contributed by atoms with van der Waals surface area (Å²) in [5.74, 6) is 0.282. The number of rotatable bonds is 2. The van der Waals surface area contributed by atoms with E-state index in [1.54, 1.807) is 39.9 Å². The van der Waals surface area contributed by atoms with Crippen LogP contribution in [0.4, 0.5) is 13.2 Å². The molecular formula is C21H17F3N4O2. The molecule has 154 valence electrons. The number of hydrogen-bond donors (Lipinski definition) is 1. The van der Waals surface area contributed by atoms with Crippen molar-refractivity contribution < 1.29 is 22.8 Å². The van der Waals surface area contributed by atoms with Gasteiger partial charge in [-0.15, -0.1) is 0 Å². The van der Waals surface area contributed by atoms with Gasteiger partial charge in [-0.1, -0.05) is 0 Å². The van der Waals surface area contributed by atoms with Crippen LogP contribution >= 0.6 is 0 Å². The molecule has 2 aromatic heterocycles. The van der Waals surface area contributed by atoms with E-state index in [1.807, 2.05) is 0 Å². The molecule has 0 saturated carbocycles. The third-order valence-corrected chi connectivity index (χ3v) is 5.77. The molecule has 0 unspecified atom stereocenters. The lowest BCUT2D eigenvalue weighted by molar-refractivity contribution is -0.137. The SMILES string of the molecule is O=C1CCC2(CN(C(=O)c3ccc4c(ccn4-c4ccc(C(F)(F)F)cn4)c3)C2)N1. The lowest BCUT2D eigenvalue weighted by Crippen LogP contribution is -2.68. The highest BCUT2D eigenvalue weighted by molar-refractivity contribution is 5.99. The van der Waals surface area contributed by atoms with Crippen LogP contribution < -0.4 is 5.32 Å². The fourth-order valence-corrected chi connectivity index (χ4v) is 4.19. The van der Waals surface area contributed by atoms with E-state index in [2.05, 4.69) is 10.3 Å². The standard InChI is InChI=1S/C21H17F3N4O2/c22-21(23,24)15-2-4-17(25-10-15)28-8-6-13-9-14(1-3-16(13)28)19(30)27-11-20(12-27)7-5-18(29)26-20/h1-4,6,8-10H,5,7,11-12H2,(H,26,29). The normalized spacial score (nSPS) is 18.0. The summed E-state index contributed by atoms with van der Waals surface area (Å²) in [4.78, 5) is 29.9. The fraction of sp³-hybridized carbons (Fsp3) is 0.286. The lowest BCUT2D eigenvalue weighted by Gasteiger charge is -2.47. The Kier molecular flexibility index (Phi) is 3.93. The van der Waals surface area contributed by atoms with Crippen molar-refractivity contribution in [1.29, 1.82) is 0 Å². The van der Waals surface area contributed by atoms with Crippen LogP contribution in [0.1, 0.15) is 28.8 Å². The zero-order valence-corrected chi connectivity index (χ0v) is 15.7. The minimum atomic E-state index is -4.43. The van der Waals surface area contributed by atoms with E-state index in [1.165, 1.54) is 6.07 Å². The van der Waals surface area contributed by atoms with E-state index in [-0.39, 0.29) is 17.4 Å². The minimum Gasteiger partial charge on any atom is -0.347 e. The topological polar surface area (TPSA) is 67.2 Å². The van der Waals surface area contributed by atoms with Gasteiger partial charge < -0.3 is 14.8 Å². The van der Waals surface area contributed by atoms with Crippen molar-refractivity contribution in [1.82, 2.24) is 19.8 Å². The number of likely N-dealkylation sites (tertiary alicyclic amines) is 1. The molecule has 1 spiro atoms. The summed E-state index contributed by atoms with van der Waals surface area (Å²) < 4.78 is 39.9. The molecule has 0 atom stereocenters. The number of carbonyl (C=O) groups is 2. The molecule has 2 aliphatic rings. The molecule has 0 radical (unpaired) electrons. The highest BCUT2D eigenvalue weighted by Gasteiger charge is 2.49. The Morgan fingerprint density at radius 2 is 1.93 bits per heavy atom. The third kappa shape index (κ3) is 3.01. The highest BCUT2D eigenvalue weighted by Crippen LogP contribution is 2.32. The van der Waals surface area contributed by atoms with Crippen molar-refractivity contribution in [2.75, 3.05) is 13.1 Å². The molecule has 2 saturated heterocycles. The molecule has 2 amide bonds. The van der Waals surface area contributed by atoms with Crippen molar-refractivity contribution >= 4 is 22.7 Å². The van der Waals surface area contributed by atoms with E-state index in [9.17, 15) is 22.8 Å². The van der Waals surface area contributed by atoms with Crippen LogP contribution in [0, 0.1) is 0 Å². The summed E-state index contributed by atoms with van der Waals surface area (Å²) in [5, 5.41) is 3.74. The Morgan fingerprint density at radius 3 is 2.57 bits per heavy atom. The zero-order valence-electron chi connectivity index (χ0n) is 15.7. The number of nitrogens with one attached hydrogen (secondary N) is 1. The van der Waals surface area contributed by atoms with Crippen molar-refractivity contribution in [3.63, 3.8) is 0 Å². The molecule has 30 heavy (non-hydrogen) atoms. The second-order valence-electron chi connectivity index (χ2n) is 7.85. The number of nitrogens with zero attached hydrogens (tertiary/aromatic N) is 3. The van der Waals surface area contributed by atoms with E-state index in [0.29, 0.717) is 30.9 Å². The number of hydrogen-bond acceptors (Lipinski definition) is 3. The van der Waals surface area contributed by atoms with Crippen LogP contribution in [-0.2, 0) is 11.0 Å². The van der Waals surface area contributed by atoms with E-state index in [4.69, 9.17) is 0 Å². The summed E-state index contributed by atoms with van der Waals surface area (Å²) in [6.45, 7) is 1.01. The first-order valence-electron chi connectivity index (χ1n) is 9.49. The molecular weight excluding hydrogens is 397 g/mol. The molecule has 4 heterocycles. The number of aromatic nitrogens is 2. The zero-order chi connectivity index (χ0) is 21.1. The second-order valence-corrected chi connectivity index (χ2v) is 7.85. The predicted molar refractivity (Wildman–Crippen MR) is 102 cm³/mol. The van der Waals surface area contributed by atoms with E-state index in [0.717, 1.165) is 29.6 Å². The number of halogens is 3. The van der Waals surface area contributed by atoms with Gasteiger partial charge in [0.05, 0.1) is 16.6 Å². The predicted octanol–water partition coefficient (Wildman–Crippen LogP) is 3.15. The van der Waals surface area contributed by atoms with Gasteiger partial charge in [-0.3, -0.25) is 9.59 Å². The molecule has 2 aliphatic heterocycles. The van der Waals surface area contributed by atoms with Crippen molar-refractivity contribution in [3.05, 3.63) is 59.9 Å². The lowest BCUT2D eigenvalue weighted by atomic mass is 9.87. The van der Waals surface area contributed by atoms with Gasteiger partial charge in [-0.2, -0.15) is 13.2 Å². The summed E-state index contributed by atoms with van der Waals surface area (Å²) in [7, 11) is 0. The first-order valence-corrected chi connectivity index (χ1v) is 9.49. The van der Waals surface area contributed by atoms with Crippen molar-refractivity contribution in [2.24, 2.45) is 0 Å². The Labute approximate surface area is 169 Å². The van der Waals surface area contributed by atoms with E-state index >= 15 is 0 Å². The molecule has 3 aromatic rings. The van der Waals surface area contributed by atoms with Crippen LogP contribution in [0.5, 0.6) is 0 Å². The number of benzene rings is 1. The van der Waals surface area contributed by atoms with Crippen LogP contribution in [-0.4, -0.2) is 44.9 Å². The molecule has 0 bridgehead atoms. The number of fused-ring (bicyclic) bond motifs is 1. The number of pyridine rings is 1. The Morgan fingerprint density at radius 1 is 1.13 bits per heavy atom. The summed E-state index contributed by atoms with van der Waals surface area (Å²) >= 11 is 0. The molecule has 0 aliphatic carbocycles. The van der Waals surface area contributed by atoms with Gasteiger partial charge in [0.15, 0.2) is 0 Å². The van der Waals surface area contributed by atoms with Gasteiger partial charge in [0, 0.05) is 42.9 Å². The van der Waals surface area contributed by atoms with Gasteiger partial charge in [-0.05, 0) is 42.8 Å². The maximum Gasteiger partial charge on any atom is 0.417 e. The monoisotopic (exact) mass is 414 g/mol. The van der Waals surface area contributed by atoms with Crippen LogP contribution in [0.2, 0.25) is 0 Å². The first kappa shape index (κ1) is 18.7. The summed E-state index contributed by atoms with van der Waals surface area (Å²) in [5.41, 5.74) is 0.192. The second kappa shape index (κ2) is 6.32. The summed E-state index contributed by atoms with van der Waals surface area (Å²) in [6.07, 6.45) is -0.671. The average Bonchev–Trinajstić information content (AvgIpc) is 3.29. The highest BCUT2D eigenvalue weighted by atomic mass is 19.4. The van der Waals surface area contributed by atoms with Crippen LogP contribution in [0.25, 0.3) is 16.7 Å². The molecule has 9 heteroatoms. The largest absolute Gasteiger partial charge is 0.417 e. The minimum absolute atomic E-state index is 0.0294. The van der Waals surface area contributed by atoms with Crippen LogP contribution in [0.15, 0.2) is 48.8 Å². The van der Waals surface area contributed by atoms with Gasteiger partial charge >= 0.3 is 6.18 Å². The Balaban J connectivity index is 1.37.